The van der Waals surface area contributed by atoms with E-state index in [4.69, 9.17) is 0 Å². The van der Waals surface area contributed by atoms with Crippen molar-refractivity contribution in [3.05, 3.63) is 36.0 Å². The van der Waals surface area contributed by atoms with Crippen molar-refractivity contribution in [2.45, 2.75) is 33.2 Å². The molecule has 0 spiro atoms. The molecule has 0 radical (unpaired) electrons. The van der Waals surface area contributed by atoms with Crippen molar-refractivity contribution in [2.75, 3.05) is 6.54 Å². The van der Waals surface area contributed by atoms with E-state index >= 15 is 0 Å². The summed E-state index contributed by atoms with van der Waals surface area (Å²) in [7, 11) is 0. The van der Waals surface area contributed by atoms with Crippen LogP contribution in [0.3, 0.4) is 0 Å². The molecule has 1 aromatic carbocycles. The van der Waals surface area contributed by atoms with Gasteiger partial charge in [-0.25, -0.2) is 0 Å². The fourth-order valence-corrected chi connectivity index (χ4v) is 3.39. The molecule has 0 aliphatic carbocycles. The first-order chi connectivity index (χ1) is 9.58. The molecule has 1 aliphatic rings. The summed E-state index contributed by atoms with van der Waals surface area (Å²) in [5, 5.41) is 1.02. The Morgan fingerprint density at radius 2 is 2.00 bits per heavy atom. The number of para-hydroxylation sites is 1. The molecular weight excluding hydrogens is 248 g/mol. The Morgan fingerprint density at radius 1 is 1.25 bits per heavy atom. The number of H-pyrrole nitrogens is 1. The average molecular weight is 270 g/mol. The van der Waals surface area contributed by atoms with Crippen LogP contribution in [0.5, 0.6) is 0 Å². The normalized spacial score (nSPS) is 26.9. The molecule has 3 unspecified atom stereocenters. The van der Waals surface area contributed by atoms with Gasteiger partial charge >= 0.3 is 0 Å². The van der Waals surface area contributed by atoms with E-state index < -0.39 is 0 Å². The summed E-state index contributed by atoms with van der Waals surface area (Å²) in [6.45, 7) is 7.51. The second-order valence-corrected chi connectivity index (χ2v) is 6.26. The van der Waals surface area contributed by atoms with Gasteiger partial charge in [-0.2, -0.15) is 0 Å². The third-order valence-corrected chi connectivity index (χ3v) is 4.68. The van der Waals surface area contributed by atoms with Gasteiger partial charge in [0.1, 0.15) is 0 Å². The van der Waals surface area contributed by atoms with Crippen LogP contribution in [-0.4, -0.2) is 28.4 Å². The number of piperidine rings is 1. The first-order valence-corrected chi connectivity index (χ1v) is 7.45. The van der Waals surface area contributed by atoms with Crippen molar-refractivity contribution in [1.82, 2.24) is 9.88 Å². The Morgan fingerprint density at radius 3 is 2.80 bits per heavy atom. The number of hydrogen-bond donors (Lipinski definition) is 1. The molecule has 3 heteroatoms. The number of benzene rings is 1. The zero-order valence-corrected chi connectivity index (χ0v) is 12.4. The van der Waals surface area contributed by atoms with Crippen LogP contribution in [0.1, 0.15) is 37.6 Å². The van der Waals surface area contributed by atoms with Crippen LogP contribution in [0.25, 0.3) is 10.9 Å². The molecule has 2 heterocycles. The van der Waals surface area contributed by atoms with Crippen molar-refractivity contribution in [1.29, 1.82) is 0 Å². The van der Waals surface area contributed by atoms with Crippen LogP contribution in [0.4, 0.5) is 0 Å². The maximum Gasteiger partial charge on any atom is 0.256 e. The lowest BCUT2D eigenvalue weighted by molar-refractivity contribution is 0.0457. The number of amides is 1. The second-order valence-electron chi connectivity index (χ2n) is 6.26. The van der Waals surface area contributed by atoms with Gasteiger partial charge in [-0.3, -0.25) is 4.79 Å². The number of rotatable bonds is 1. The number of likely N-dealkylation sites (tertiary alicyclic amines) is 1. The van der Waals surface area contributed by atoms with Gasteiger partial charge in [-0.05, 0) is 31.2 Å². The van der Waals surface area contributed by atoms with E-state index in [-0.39, 0.29) is 5.91 Å². The highest BCUT2D eigenvalue weighted by Gasteiger charge is 2.33. The summed E-state index contributed by atoms with van der Waals surface area (Å²) in [6.07, 6.45) is 3.06. The average Bonchev–Trinajstić information content (AvgIpc) is 2.86. The lowest BCUT2D eigenvalue weighted by Gasteiger charge is -2.41. The summed E-state index contributed by atoms with van der Waals surface area (Å²) in [5.41, 5.74) is 1.83. The third-order valence-electron chi connectivity index (χ3n) is 4.68. The summed E-state index contributed by atoms with van der Waals surface area (Å²) in [5.74, 6) is 1.30. The van der Waals surface area contributed by atoms with E-state index in [1.165, 1.54) is 6.42 Å². The molecule has 1 amide bonds. The van der Waals surface area contributed by atoms with Gasteiger partial charge in [-0.15, -0.1) is 0 Å². The van der Waals surface area contributed by atoms with Crippen molar-refractivity contribution in [3.8, 4) is 0 Å². The number of hydrogen-bond acceptors (Lipinski definition) is 1. The number of aromatic amines is 1. The molecule has 106 valence electrons. The number of carbonyl (C=O) groups excluding carboxylic acids is 1. The summed E-state index contributed by atoms with van der Waals surface area (Å²) >= 11 is 0. The van der Waals surface area contributed by atoms with E-state index in [9.17, 15) is 4.79 Å². The monoisotopic (exact) mass is 270 g/mol. The van der Waals surface area contributed by atoms with E-state index in [0.717, 1.165) is 23.0 Å². The minimum absolute atomic E-state index is 0.161. The second kappa shape index (κ2) is 4.97. The van der Waals surface area contributed by atoms with Gasteiger partial charge in [0.2, 0.25) is 0 Å². The number of nitrogens with zero attached hydrogens (tertiary/aromatic N) is 1. The Labute approximate surface area is 120 Å². The van der Waals surface area contributed by atoms with Gasteiger partial charge < -0.3 is 9.88 Å². The molecule has 0 bridgehead atoms. The van der Waals surface area contributed by atoms with E-state index in [1.54, 1.807) is 0 Å². The molecule has 3 nitrogen and oxygen atoms in total. The number of carbonyl (C=O) groups is 1. The zero-order chi connectivity index (χ0) is 14.3. The fourth-order valence-electron chi connectivity index (χ4n) is 3.39. The van der Waals surface area contributed by atoms with E-state index in [1.807, 2.05) is 30.5 Å². The lowest BCUT2D eigenvalue weighted by Crippen LogP contribution is -2.48. The summed E-state index contributed by atoms with van der Waals surface area (Å²) < 4.78 is 0. The van der Waals surface area contributed by atoms with Gasteiger partial charge in [0, 0.05) is 29.7 Å². The molecule has 1 saturated heterocycles. The molecule has 1 fully saturated rings. The van der Waals surface area contributed by atoms with Crippen LogP contribution in [0.2, 0.25) is 0 Å². The largest absolute Gasteiger partial charge is 0.360 e. The number of fused-ring (bicyclic) bond motifs is 1. The summed E-state index contributed by atoms with van der Waals surface area (Å²) in [4.78, 5) is 18.1. The lowest BCUT2D eigenvalue weighted by atomic mass is 9.85. The predicted octanol–water partition coefficient (Wildman–Crippen LogP) is 3.67. The van der Waals surface area contributed by atoms with Crippen LogP contribution >= 0.6 is 0 Å². The van der Waals surface area contributed by atoms with Crippen LogP contribution in [0.15, 0.2) is 30.5 Å². The molecule has 3 atom stereocenters. The van der Waals surface area contributed by atoms with Crippen molar-refractivity contribution in [2.24, 2.45) is 11.8 Å². The maximum absolute atomic E-state index is 12.9. The molecule has 0 saturated carbocycles. The highest BCUT2D eigenvalue weighted by atomic mass is 16.2. The minimum Gasteiger partial charge on any atom is -0.360 e. The quantitative estimate of drug-likeness (QED) is 0.843. The van der Waals surface area contributed by atoms with Crippen LogP contribution < -0.4 is 0 Å². The van der Waals surface area contributed by atoms with Gasteiger partial charge in [0.25, 0.3) is 5.91 Å². The highest BCUT2D eigenvalue weighted by Crippen LogP contribution is 2.29. The van der Waals surface area contributed by atoms with Gasteiger partial charge in [0.15, 0.2) is 0 Å². The molecular formula is C17H22N2O. The van der Waals surface area contributed by atoms with E-state index in [0.29, 0.717) is 17.9 Å². The standard InChI is InChI=1S/C17H22N2O/c1-11-8-12(2)13(3)19(10-11)17(20)15-9-18-16-7-5-4-6-14(15)16/h4-7,9,11-13,18H,8,10H2,1-3H3. The molecule has 1 aromatic heterocycles. The molecule has 20 heavy (non-hydrogen) atoms. The molecule has 1 N–H and O–H groups in total. The van der Waals surface area contributed by atoms with Crippen LogP contribution in [-0.2, 0) is 0 Å². The topological polar surface area (TPSA) is 36.1 Å². The summed E-state index contributed by atoms with van der Waals surface area (Å²) in [6, 6.07) is 8.31. The SMILES string of the molecule is CC1CC(C)C(C)N(C(=O)c2c[nH]c3ccccc23)C1. The first kappa shape index (κ1) is 13.2. The first-order valence-electron chi connectivity index (χ1n) is 7.45. The van der Waals surface area contributed by atoms with Crippen molar-refractivity contribution < 1.29 is 4.79 Å². The van der Waals surface area contributed by atoms with Gasteiger partial charge in [-0.1, -0.05) is 32.0 Å². The Hall–Kier alpha value is -1.77. The number of nitrogens with one attached hydrogen (secondary N) is 1. The van der Waals surface area contributed by atoms with E-state index in [2.05, 4.69) is 30.7 Å². The zero-order valence-electron chi connectivity index (χ0n) is 12.4. The van der Waals surface area contributed by atoms with Crippen LogP contribution in [0, 0.1) is 11.8 Å². The fraction of sp³-hybridized carbons (Fsp3) is 0.471. The van der Waals surface area contributed by atoms with Crippen molar-refractivity contribution >= 4 is 16.8 Å². The molecule has 3 rings (SSSR count). The number of aromatic nitrogens is 1. The van der Waals surface area contributed by atoms with Crippen molar-refractivity contribution in [3.63, 3.8) is 0 Å². The Bertz CT molecular complexity index is 631. The predicted molar refractivity (Wildman–Crippen MR) is 81.7 cm³/mol. The Balaban J connectivity index is 1.95. The minimum atomic E-state index is 0.161. The smallest absolute Gasteiger partial charge is 0.256 e. The highest BCUT2D eigenvalue weighted by molar-refractivity contribution is 6.06. The molecule has 2 aromatic rings. The third kappa shape index (κ3) is 2.11. The molecule has 1 aliphatic heterocycles. The van der Waals surface area contributed by atoms with Gasteiger partial charge in [0.05, 0.1) is 5.56 Å². The Kier molecular flexibility index (Phi) is 3.28. The maximum atomic E-state index is 12.9.